The number of imidazole rings is 1. The Morgan fingerprint density at radius 2 is 2.09 bits per heavy atom. The van der Waals surface area contributed by atoms with Gasteiger partial charge in [-0.1, -0.05) is 11.8 Å². The van der Waals surface area contributed by atoms with Crippen LogP contribution in [-0.4, -0.2) is 26.8 Å². The van der Waals surface area contributed by atoms with Crippen LogP contribution in [0.25, 0.3) is 11.5 Å². The van der Waals surface area contributed by atoms with Crippen molar-refractivity contribution in [1.29, 1.82) is 0 Å². The van der Waals surface area contributed by atoms with Crippen molar-refractivity contribution in [2.75, 3.05) is 7.11 Å². The second-order valence-electron chi connectivity index (χ2n) is 4.91. The van der Waals surface area contributed by atoms with E-state index in [0.29, 0.717) is 11.6 Å². The van der Waals surface area contributed by atoms with Gasteiger partial charge in [-0.2, -0.15) is 0 Å². The standard InChI is InChI=1S/C16H17N3O3S/c1-19-13(8-20)7-17-16(19)23-10-12-9-22-15(18-12)11-3-5-14(21-2)6-4-11/h3-7,9,20H,8,10H2,1-2H3. The summed E-state index contributed by atoms with van der Waals surface area (Å²) in [6.45, 7) is -0.0182. The van der Waals surface area contributed by atoms with Crippen molar-refractivity contribution in [3.63, 3.8) is 0 Å². The predicted molar refractivity (Wildman–Crippen MR) is 87.2 cm³/mol. The van der Waals surface area contributed by atoms with Gasteiger partial charge in [-0.05, 0) is 24.3 Å². The highest BCUT2D eigenvalue weighted by Gasteiger charge is 2.10. The molecule has 1 aromatic carbocycles. The number of methoxy groups -OCH3 is 1. The number of benzene rings is 1. The lowest BCUT2D eigenvalue weighted by Crippen LogP contribution is -1.97. The number of hydrogen-bond donors (Lipinski definition) is 1. The van der Waals surface area contributed by atoms with E-state index in [1.165, 1.54) is 0 Å². The maximum atomic E-state index is 9.18. The molecule has 6 nitrogen and oxygen atoms in total. The Balaban J connectivity index is 1.68. The topological polar surface area (TPSA) is 73.3 Å². The molecule has 3 aromatic rings. The number of hydrogen-bond acceptors (Lipinski definition) is 6. The van der Waals surface area contributed by atoms with Gasteiger partial charge >= 0.3 is 0 Å². The molecule has 0 unspecified atom stereocenters. The third-order valence-corrected chi connectivity index (χ3v) is 4.52. The van der Waals surface area contributed by atoms with E-state index in [2.05, 4.69) is 9.97 Å². The molecule has 0 saturated heterocycles. The number of thioether (sulfide) groups is 1. The van der Waals surface area contributed by atoms with E-state index in [1.54, 1.807) is 31.3 Å². The van der Waals surface area contributed by atoms with Crippen LogP contribution in [0, 0.1) is 0 Å². The van der Waals surface area contributed by atoms with Crippen LogP contribution in [0.1, 0.15) is 11.4 Å². The van der Waals surface area contributed by atoms with E-state index in [0.717, 1.165) is 27.9 Å². The molecule has 1 N–H and O–H groups in total. The van der Waals surface area contributed by atoms with E-state index < -0.39 is 0 Å². The number of aliphatic hydroxyl groups is 1. The summed E-state index contributed by atoms with van der Waals surface area (Å²) in [5, 5.41) is 10.0. The molecule has 120 valence electrons. The highest BCUT2D eigenvalue weighted by atomic mass is 32.2. The molecule has 0 atom stereocenters. The summed E-state index contributed by atoms with van der Waals surface area (Å²) >= 11 is 1.55. The van der Waals surface area contributed by atoms with Crippen molar-refractivity contribution in [2.24, 2.45) is 7.05 Å². The van der Waals surface area contributed by atoms with Gasteiger partial charge in [-0.25, -0.2) is 9.97 Å². The normalized spacial score (nSPS) is 10.9. The van der Waals surface area contributed by atoms with Crippen LogP contribution in [-0.2, 0) is 19.4 Å². The molecule has 2 aromatic heterocycles. The van der Waals surface area contributed by atoms with Crippen molar-refractivity contribution < 1.29 is 14.3 Å². The molecule has 0 aliphatic carbocycles. The van der Waals surface area contributed by atoms with E-state index in [1.807, 2.05) is 35.9 Å². The number of aromatic nitrogens is 3. The lowest BCUT2D eigenvalue weighted by atomic mass is 10.2. The molecule has 23 heavy (non-hydrogen) atoms. The number of rotatable bonds is 6. The third-order valence-electron chi connectivity index (χ3n) is 3.44. The van der Waals surface area contributed by atoms with Gasteiger partial charge in [0.05, 0.1) is 31.3 Å². The first-order chi connectivity index (χ1) is 11.2. The molecule has 0 aliphatic rings. The molecular weight excluding hydrogens is 314 g/mol. The second kappa shape index (κ2) is 6.89. The fraction of sp³-hybridized carbons (Fsp3) is 0.250. The van der Waals surface area contributed by atoms with Crippen LogP contribution in [0.3, 0.4) is 0 Å². The number of nitrogens with zero attached hydrogens (tertiary/aromatic N) is 3. The summed E-state index contributed by atoms with van der Waals surface area (Å²) in [5.41, 5.74) is 2.53. The molecule has 0 radical (unpaired) electrons. The molecule has 0 fully saturated rings. The van der Waals surface area contributed by atoms with Crippen LogP contribution < -0.4 is 4.74 Å². The minimum absolute atomic E-state index is 0.0182. The molecular formula is C16H17N3O3S. The van der Waals surface area contributed by atoms with Crippen LogP contribution in [0.15, 0.2) is 46.3 Å². The van der Waals surface area contributed by atoms with Gasteiger partial charge in [0.2, 0.25) is 5.89 Å². The number of oxazole rings is 1. The van der Waals surface area contributed by atoms with E-state index in [-0.39, 0.29) is 6.61 Å². The Hall–Kier alpha value is -2.25. The summed E-state index contributed by atoms with van der Waals surface area (Å²) in [4.78, 5) is 8.77. The summed E-state index contributed by atoms with van der Waals surface area (Å²) < 4.78 is 12.5. The summed E-state index contributed by atoms with van der Waals surface area (Å²) in [6, 6.07) is 7.57. The molecule has 0 saturated carbocycles. The zero-order chi connectivity index (χ0) is 16.2. The lowest BCUT2D eigenvalue weighted by Gasteiger charge is -2.02. The predicted octanol–water partition coefficient (Wildman–Crippen LogP) is 2.87. The fourth-order valence-corrected chi connectivity index (χ4v) is 2.93. The van der Waals surface area contributed by atoms with Crippen molar-refractivity contribution in [3.8, 4) is 17.2 Å². The van der Waals surface area contributed by atoms with Gasteiger partial charge in [0.1, 0.15) is 12.0 Å². The van der Waals surface area contributed by atoms with Gasteiger partial charge < -0.3 is 18.8 Å². The Labute approximate surface area is 138 Å². The molecule has 3 rings (SSSR count). The highest BCUT2D eigenvalue weighted by Crippen LogP contribution is 2.25. The average Bonchev–Trinajstić information content (AvgIpc) is 3.20. The van der Waals surface area contributed by atoms with Gasteiger partial charge in [-0.3, -0.25) is 0 Å². The Kier molecular flexibility index (Phi) is 4.68. The monoisotopic (exact) mass is 331 g/mol. The van der Waals surface area contributed by atoms with Crippen molar-refractivity contribution in [1.82, 2.24) is 14.5 Å². The zero-order valence-corrected chi connectivity index (χ0v) is 13.7. The average molecular weight is 331 g/mol. The quantitative estimate of drug-likeness (QED) is 0.700. The van der Waals surface area contributed by atoms with E-state index >= 15 is 0 Å². The van der Waals surface area contributed by atoms with Crippen LogP contribution >= 0.6 is 11.8 Å². The van der Waals surface area contributed by atoms with Gasteiger partial charge in [0.25, 0.3) is 0 Å². The van der Waals surface area contributed by atoms with Crippen molar-refractivity contribution >= 4 is 11.8 Å². The molecule has 0 bridgehead atoms. The molecule has 0 amide bonds. The first kappa shape index (κ1) is 15.6. The van der Waals surface area contributed by atoms with E-state index in [9.17, 15) is 5.11 Å². The number of ether oxygens (including phenoxy) is 1. The Morgan fingerprint density at radius 3 is 2.74 bits per heavy atom. The van der Waals surface area contributed by atoms with Crippen molar-refractivity contribution in [2.45, 2.75) is 17.5 Å². The second-order valence-corrected chi connectivity index (χ2v) is 5.85. The minimum atomic E-state index is -0.0182. The minimum Gasteiger partial charge on any atom is -0.497 e. The van der Waals surface area contributed by atoms with Crippen LogP contribution in [0.2, 0.25) is 0 Å². The van der Waals surface area contributed by atoms with Gasteiger partial charge in [0, 0.05) is 18.4 Å². The molecule has 0 spiro atoms. The van der Waals surface area contributed by atoms with E-state index in [4.69, 9.17) is 9.15 Å². The Bertz CT molecular complexity index is 780. The van der Waals surface area contributed by atoms with Crippen LogP contribution in [0.4, 0.5) is 0 Å². The SMILES string of the molecule is COc1ccc(-c2nc(CSc3ncc(CO)n3C)co2)cc1. The van der Waals surface area contributed by atoms with Gasteiger partial charge in [-0.15, -0.1) is 0 Å². The fourth-order valence-electron chi connectivity index (χ4n) is 2.08. The largest absolute Gasteiger partial charge is 0.497 e. The lowest BCUT2D eigenvalue weighted by molar-refractivity contribution is 0.271. The first-order valence-electron chi connectivity index (χ1n) is 7.04. The molecule has 7 heteroatoms. The van der Waals surface area contributed by atoms with Gasteiger partial charge in [0.15, 0.2) is 5.16 Å². The van der Waals surface area contributed by atoms with Crippen LogP contribution in [0.5, 0.6) is 5.75 Å². The maximum absolute atomic E-state index is 9.18. The van der Waals surface area contributed by atoms with Crippen molar-refractivity contribution in [3.05, 3.63) is 48.1 Å². The summed E-state index contributed by atoms with van der Waals surface area (Å²) in [7, 11) is 3.52. The maximum Gasteiger partial charge on any atom is 0.226 e. The smallest absolute Gasteiger partial charge is 0.226 e. The highest BCUT2D eigenvalue weighted by molar-refractivity contribution is 7.98. The Morgan fingerprint density at radius 1 is 1.30 bits per heavy atom. The number of aliphatic hydroxyl groups excluding tert-OH is 1. The molecule has 0 aliphatic heterocycles. The first-order valence-corrected chi connectivity index (χ1v) is 8.03. The summed E-state index contributed by atoms with van der Waals surface area (Å²) in [6.07, 6.45) is 3.33. The summed E-state index contributed by atoms with van der Waals surface area (Å²) in [5.74, 6) is 2.03. The zero-order valence-electron chi connectivity index (χ0n) is 12.9. The molecule has 2 heterocycles. The third kappa shape index (κ3) is 3.40.